The average Bonchev–Trinajstić information content (AvgIpc) is 3.10. The van der Waals surface area contributed by atoms with Crippen LogP contribution in [0.5, 0.6) is 0 Å². The van der Waals surface area contributed by atoms with Crippen molar-refractivity contribution in [2.45, 2.75) is 0 Å². The van der Waals surface area contributed by atoms with Gasteiger partial charge in [0.15, 0.2) is 0 Å². The predicted molar refractivity (Wildman–Crippen MR) is 85.2 cm³/mol. The Labute approximate surface area is 130 Å². The van der Waals surface area contributed by atoms with Gasteiger partial charge in [-0.1, -0.05) is 0 Å². The molecule has 1 aromatic heterocycles. The van der Waals surface area contributed by atoms with Crippen molar-refractivity contribution in [3.05, 3.63) is 48.3 Å². The highest BCUT2D eigenvalue weighted by atomic mass is 16.1. The molecule has 2 N–H and O–H groups in total. The molecular weight excluding hydrogens is 278 g/mol. The number of carbonyl (C=O) groups excluding carboxylic acids is 1. The second kappa shape index (κ2) is 7.20. The molecule has 1 fully saturated rings. The van der Waals surface area contributed by atoms with Crippen molar-refractivity contribution in [3.8, 4) is 5.69 Å². The van der Waals surface area contributed by atoms with Crippen LogP contribution >= 0.6 is 0 Å². The summed E-state index contributed by atoms with van der Waals surface area (Å²) in [6, 6.07) is 9.33. The fraction of sp³-hybridized carbons (Fsp3) is 0.375. The highest BCUT2D eigenvalue weighted by molar-refractivity contribution is 5.94. The molecule has 1 saturated heterocycles. The van der Waals surface area contributed by atoms with Crippen LogP contribution in [0.1, 0.15) is 10.4 Å². The molecule has 6 heteroatoms. The second-order valence-electron chi connectivity index (χ2n) is 5.35. The Balaban J connectivity index is 1.49. The van der Waals surface area contributed by atoms with E-state index >= 15 is 0 Å². The molecule has 2 heterocycles. The Morgan fingerprint density at radius 1 is 1.23 bits per heavy atom. The standard InChI is InChI=1S/C16H21N5O/c22-16(18-9-13-20-11-7-17-8-12-20)14-2-4-15(5-3-14)21-10-1-6-19-21/h1-6,10,17H,7-9,11-13H2,(H,18,22). The minimum atomic E-state index is -0.0258. The van der Waals surface area contributed by atoms with E-state index < -0.39 is 0 Å². The third kappa shape index (κ3) is 3.72. The van der Waals surface area contributed by atoms with Crippen LogP contribution in [-0.4, -0.2) is 59.9 Å². The van der Waals surface area contributed by atoms with Crippen LogP contribution in [0.4, 0.5) is 0 Å². The molecule has 22 heavy (non-hydrogen) atoms. The summed E-state index contributed by atoms with van der Waals surface area (Å²) < 4.78 is 1.77. The maximum absolute atomic E-state index is 12.1. The molecular formula is C16H21N5O. The Bertz CT molecular complexity index is 588. The number of rotatable bonds is 5. The van der Waals surface area contributed by atoms with Crippen molar-refractivity contribution in [1.82, 2.24) is 25.3 Å². The summed E-state index contributed by atoms with van der Waals surface area (Å²) >= 11 is 0. The van der Waals surface area contributed by atoms with E-state index in [2.05, 4.69) is 20.6 Å². The molecule has 116 valence electrons. The Kier molecular flexibility index (Phi) is 4.82. The fourth-order valence-corrected chi connectivity index (χ4v) is 2.55. The number of amides is 1. The summed E-state index contributed by atoms with van der Waals surface area (Å²) in [5.41, 5.74) is 1.62. The summed E-state index contributed by atoms with van der Waals surface area (Å²) in [7, 11) is 0. The van der Waals surface area contributed by atoms with E-state index in [0.717, 1.165) is 38.4 Å². The summed E-state index contributed by atoms with van der Waals surface area (Å²) in [6.45, 7) is 5.74. The number of hydrogen-bond acceptors (Lipinski definition) is 4. The van der Waals surface area contributed by atoms with E-state index in [1.165, 1.54) is 0 Å². The highest BCUT2D eigenvalue weighted by Gasteiger charge is 2.10. The molecule has 0 aliphatic carbocycles. The van der Waals surface area contributed by atoms with Crippen molar-refractivity contribution in [3.63, 3.8) is 0 Å². The van der Waals surface area contributed by atoms with Gasteiger partial charge >= 0.3 is 0 Å². The third-order valence-corrected chi connectivity index (χ3v) is 3.82. The SMILES string of the molecule is O=C(NCCN1CCNCC1)c1ccc(-n2cccn2)cc1. The van der Waals surface area contributed by atoms with Gasteiger partial charge in [0.05, 0.1) is 5.69 Å². The van der Waals surface area contributed by atoms with Gasteiger partial charge in [0.25, 0.3) is 5.91 Å². The van der Waals surface area contributed by atoms with Gasteiger partial charge < -0.3 is 10.6 Å². The van der Waals surface area contributed by atoms with Crippen LogP contribution < -0.4 is 10.6 Å². The van der Waals surface area contributed by atoms with E-state index in [0.29, 0.717) is 12.1 Å². The van der Waals surface area contributed by atoms with E-state index in [1.54, 1.807) is 10.9 Å². The summed E-state index contributed by atoms with van der Waals surface area (Å²) in [5, 5.41) is 10.5. The lowest BCUT2D eigenvalue weighted by Crippen LogP contribution is -2.46. The van der Waals surface area contributed by atoms with Crippen molar-refractivity contribution in [2.75, 3.05) is 39.3 Å². The lowest BCUT2D eigenvalue weighted by Gasteiger charge is -2.27. The van der Waals surface area contributed by atoms with Gasteiger partial charge in [-0.25, -0.2) is 4.68 Å². The van der Waals surface area contributed by atoms with Gasteiger partial charge in [-0.3, -0.25) is 9.69 Å². The summed E-state index contributed by atoms with van der Waals surface area (Å²) in [5.74, 6) is -0.0258. The smallest absolute Gasteiger partial charge is 0.251 e. The first kappa shape index (κ1) is 14.7. The Hall–Kier alpha value is -2.18. The van der Waals surface area contributed by atoms with Gasteiger partial charge in [-0.15, -0.1) is 0 Å². The minimum absolute atomic E-state index is 0.0258. The topological polar surface area (TPSA) is 62.2 Å². The molecule has 0 spiro atoms. The van der Waals surface area contributed by atoms with Crippen molar-refractivity contribution in [1.29, 1.82) is 0 Å². The molecule has 1 amide bonds. The zero-order chi connectivity index (χ0) is 15.2. The average molecular weight is 299 g/mol. The molecule has 0 saturated carbocycles. The number of aromatic nitrogens is 2. The maximum atomic E-state index is 12.1. The molecule has 0 unspecified atom stereocenters. The summed E-state index contributed by atoms with van der Waals surface area (Å²) in [6.07, 6.45) is 3.61. The van der Waals surface area contributed by atoms with Gasteiger partial charge in [0, 0.05) is 57.2 Å². The lowest BCUT2D eigenvalue weighted by atomic mass is 10.2. The van der Waals surface area contributed by atoms with Gasteiger partial charge in [0.2, 0.25) is 0 Å². The first-order chi connectivity index (χ1) is 10.8. The number of nitrogens with zero attached hydrogens (tertiary/aromatic N) is 3. The highest BCUT2D eigenvalue weighted by Crippen LogP contribution is 2.08. The monoisotopic (exact) mass is 299 g/mol. The molecule has 3 rings (SSSR count). The predicted octanol–water partition coefficient (Wildman–Crippen LogP) is 0.507. The van der Waals surface area contributed by atoms with Crippen molar-refractivity contribution < 1.29 is 4.79 Å². The minimum Gasteiger partial charge on any atom is -0.351 e. The quantitative estimate of drug-likeness (QED) is 0.844. The van der Waals surface area contributed by atoms with E-state index in [-0.39, 0.29) is 5.91 Å². The lowest BCUT2D eigenvalue weighted by molar-refractivity contribution is 0.0947. The second-order valence-corrected chi connectivity index (χ2v) is 5.35. The third-order valence-electron chi connectivity index (χ3n) is 3.82. The zero-order valence-corrected chi connectivity index (χ0v) is 12.5. The maximum Gasteiger partial charge on any atom is 0.251 e. The molecule has 6 nitrogen and oxygen atoms in total. The fourth-order valence-electron chi connectivity index (χ4n) is 2.55. The van der Waals surface area contributed by atoms with Gasteiger partial charge in [-0.2, -0.15) is 5.10 Å². The van der Waals surface area contributed by atoms with Gasteiger partial charge in [0.1, 0.15) is 0 Å². The van der Waals surface area contributed by atoms with Crippen molar-refractivity contribution in [2.24, 2.45) is 0 Å². The van der Waals surface area contributed by atoms with Crippen LogP contribution in [0.25, 0.3) is 5.69 Å². The van der Waals surface area contributed by atoms with E-state index in [4.69, 9.17) is 0 Å². The van der Waals surface area contributed by atoms with Crippen LogP contribution in [0.15, 0.2) is 42.7 Å². The number of piperazine rings is 1. The number of benzene rings is 1. The van der Waals surface area contributed by atoms with Crippen LogP contribution in [0.2, 0.25) is 0 Å². The number of carbonyl (C=O) groups is 1. The molecule has 0 bridgehead atoms. The Morgan fingerprint density at radius 3 is 2.68 bits per heavy atom. The van der Waals surface area contributed by atoms with Crippen LogP contribution in [0.3, 0.4) is 0 Å². The van der Waals surface area contributed by atoms with Crippen molar-refractivity contribution >= 4 is 5.91 Å². The van der Waals surface area contributed by atoms with E-state index in [1.807, 2.05) is 36.5 Å². The molecule has 0 radical (unpaired) electrons. The first-order valence-corrected chi connectivity index (χ1v) is 7.64. The molecule has 2 aromatic rings. The molecule has 1 aliphatic rings. The first-order valence-electron chi connectivity index (χ1n) is 7.64. The van der Waals surface area contributed by atoms with Gasteiger partial charge in [-0.05, 0) is 30.3 Å². The largest absolute Gasteiger partial charge is 0.351 e. The molecule has 1 aromatic carbocycles. The zero-order valence-electron chi connectivity index (χ0n) is 12.5. The molecule has 1 aliphatic heterocycles. The molecule has 0 atom stereocenters. The van der Waals surface area contributed by atoms with E-state index in [9.17, 15) is 4.79 Å². The Morgan fingerprint density at radius 2 is 2.00 bits per heavy atom. The van der Waals surface area contributed by atoms with Crippen LogP contribution in [-0.2, 0) is 0 Å². The number of nitrogens with one attached hydrogen (secondary N) is 2. The summed E-state index contributed by atoms with van der Waals surface area (Å²) in [4.78, 5) is 14.5. The normalized spacial score (nSPS) is 15.6. The van der Waals surface area contributed by atoms with Crippen LogP contribution in [0, 0.1) is 0 Å². The number of hydrogen-bond donors (Lipinski definition) is 2.